The van der Waals surface area contributed by atoms with Crippen LogP contribution in [0.4, 0.5) is 4.39 Å². The number of ketones is 1. The van der Waals surface area contributed by atoms with Gasteiger partial charge in [-0.05, 0) is 55.1 Å². The summed E-state index contributed by atoms with van der Waals surface area (Å²) in [7, 11) is 1.66. The van der Waals surface area contributed by atoms with E-state index in [1.165, 1.54) is 12.1 Å². The zero-order valence-electron chi connectivity index (χ0n) is 15.8. The zero-order valence-corrected chi connectivity index (χ0v) is 15.8. The van der Waals surface area contributed by atoms with Gasteiger partial charge in [-0.2, -0.15) is 0 Å². The average Bonchev–Trinajstić information content (AvgIpc) is 2.68. The molecule has 2 atom stereocenters. The molecule has 0 aliphatic carbocycles. The van der Waals surface area contributed by atoms with Crippen LogP contribution in [-0.2, 0) is 4.74 Å². The fourth-order valence-corrected chi connectivity index (χ4v) is 3.98. The maximum absolute atomic E-state index is 14.1. The molecule has 0 spiro atoms. The third-order valence-corrected chi connectivity index (χ3v) is 5.49. The van der Waals surface area contributed by atoms with E-state index >= 15 is 0 Å². The first kappa shape index (κ1) is 19.5. The summed E-state index contributed by atoms with van der Waals surface area (Å²) in [5, 5.41) is 9.76. The van der Waals surface area contributed by atoms with Crippen LogP contribution < -0.4 is 0 Å². The third-order valence-electron chi connectivity index (χ3n) is 5.49. The maximum atomic E-state index is 14.1. The van der Waals surface area contributed by atoms with Crippen molar-refractivity contribution < 1.29 is 19.0 Å². The van der Waals surface area contributed by atoms with Crippen LogP contribution in [0.15, 0.2) is 42.5 Å². The van der Waals surface area contributed by atoms with E-state index in [2.05, 4.69) is 4.90 Å². The number of phenolic OH excluding ortho intramolecular Hbond substituents is 1. The van der Waals surface area contributed by atoms with Crippen LogP contribution in [0.3, 0.4) is 0 Å². The first-order chi connectivity index (χ1) is 13.0. The molecule has 0 amide bonds. The van der Waals surface area contributed by atoms with Crippen LogP contribution in [0.1, 0.15) is 33.8 Å². The summed E-state index contributed by atoms with van der Waals surface area (Å²) >= 11 is 0. The minimum absolute atomic E-state index is 0.0123. The molecule has 3 rings (SSSR count). The topological polar surface area (TPSA) is 49.8 Å². The molecule has 1 aliphatic heterocycles. The van der Waals surface area contributed by atoms with Crippen LogP contribution in [0.25, 0.3) is 0 Å². The van der Waals surface area contributed by atoms with Gasteiger partial charge >= 0.3 is 0 Å². The predicted octanol–water partition coefficient (Wildman–Crippen LogP) is 3.77. The number of phenols is 1. The number of halogens is 1. The van der Waals surface area contributed by atoms with E-state index in [1.807, 2.05) is 6.07 Å². The molecule has 1 saturated heterocycles. The lowest BCUT2D eigenvalue weighted by Gasteiger charge is -2.38. The Hall–Kier alpha value is -2.24. The van der Waals surface area contributed by atoms with Crippen molar-refractivity contribution in [3.05, 3.63) is 65.0 Å². The molecular weight excluding hydrogens is 345 g/mol. The Kier molecular flexibility index (Phi) is 6.24. The fraction of sp³-hybridized carbons (Fsp3) is 0.409. The van der Waals surface area contributed by atoms with Gasteiger partial charge in [0.05, 0.1) is 6.61 Å². The molecule has 5 heteroatoms. The van der Waals surface area contributed by atoms with E-state index < -0.39 is 0 Å². The second-order valence-corrected chi connectivity index (χ2v) is 7.16. The molecule has 2 aromatic rings. The van der Waals surface area contributed by atoms with Crippen molar-refractivity contribution in [2.75, 3.05) is 33.4 Å². The van der Waals surface area contributed by atoms with Crippen LogP contribution in [-0.4, -0.2) is 49.1 Å². The summed E-state index contributed by atoms with van der Waals surface area (Å²) in [5.74, 6) is -0.516. The number of piperidine rings is 1. The Labute approximate surface area is 159 Å². The molecule has 1 fully saturated rings. The second kappa shape index (κ2) is 8.63. The number of benzene rings is 2. The monoisotopic (exact) mass is 371 g/mol. The highest BCUT2D eigenvalue weighted by atomic mass is 19.1. The van der Waals surface area contributed by atoms with E-state index in [1.54, 1.807) is 38.3 Å². The Bertz CT molecular complexity index is 808. The standard InChI is InChI=1S/C22H26FNO3/c1-15-18(7-4-8-21(15)23)19-9-10-24(11-12-27-2)14-20(19)22(26)16-5-3-6-17(25)13-16/h3-8,13,19-20,25H,9-12,14H2,1-2H3/t19-,20+/m1/s1. The lowest BCUT2D eigenvalue weighted by atomic mass is 9.75. The number of carbonyl (C=O) groups is 1. The van der Waals surface area contributed by atoms with E-state index in [4.69, 9.17) is 4.74 Å². The molecule has 27 heavy (non-hydrogen) atoms. The molecule has 4 nitrogen and oxygen atoms in total. The Morgan fingerprint density at radius 1 is 1.30 bits per heavy atom. The number of likely N-dealkylation sites (tertiary alicyclic amines) is 1. The summed E-state index contributed by atoms with van der Waals surface area (Å²) < 4.78 is 19.3. The van der Waals surface area contributed by atoms with Gasteiger partial charge in [0.1, 0.15) is 11.6 Å². The van der Waals surface area contributed by atoms with E-state index in [-0.39, 0.29) is 29.2 Å². The van der Waals surface area contributed by atoms with Gasteiger partial charge in [-0.15, -0.1) is 0 Å². The second-order valence-electron chi connectivity index (χ2n) is 7.16. The highest BCUT2D eigenvalue weighted by molar-refractivity contribution is 5.99. The minimum atomic E-state index is -0.294. The van der Waals surface area contributed by atoms with Gasteiger partial charge in [-0.1, -0.05) is 24.3 Å². The van der Waals surface area contributed by atoms with Crippen molar-refractivity contribution in [3.63, 3.8) is 0 Å². The molecule has 0 aromatic heterocycles. The first-order valence-electron chi connectivity index (χ1n) is 9.30. The van der Waals surface area contributed by atoms with E-state index in [9.17, 15) is 14.3 Å². The fourth-order valence-electron chi connectivity index (χ4n) is 3.98. The SMILES string of the molecule is COCCN1CC[C@H](c2cccc(F)c2C)[C@@H](C(=O)c2cccc(O)c2)C1. The summed E-state index contributed by atoms with van der Waals surface area (Å²) in [4.78, 5) is 15.5. The highest BCUT2D eigenvalue weighted by Crippen LogP contribution is 2.37. The molecule has 0 saturated carbocycles. The van der Waals surface area contributed by atoms with Gasteiger partial charge in [0, 0.05) is 31.7 Å². The van der Waals surface area contributed by atoms with Crippen LogP contribution in [0.2, 0.25) is 0 Å². The number of methoxy groups -OCH3 is 1. The van der Waals surface area contributed by atoms with Crippen molar-refractivity contribution >= 4 is 5.78 Å². The number of rotatable bonds is 6. The van der Waals surface area contributed by atoms with E-state index in [0.29, 0.717) is 24.3 Å². The number of ether oxygens (including phenoxy) is 1. The summed E-state index contributed by atoms with van der Waals surface area (Å²) in [6.45, 7) is 4.58. The normalized spacial score (nSPS) is 20.6. The number of Topliss-reactive ketones (excluding diaryl/α,β-unsaturated/α-hetero) is 1. The molecule has 2 aromatic carbocycles. The molecule has 0 radical (unpaired) electrons. The molecular formula is C22H26FNO3. The Morgan fingerprint density at radius 3 is 2.81 bits per heavy atom. The Morgan fingerprint density at radius 2 is 2.07 bits per heavy atom. The summed E-state index contributed by atoms with van der Waals surface area (Å²) in [6, 6.07) is 11.6. The van der Waals surface area contributed by atoms with Crippen LogP contribution >= 0.6 is 0 Å². The van der Waals surface area contributed by atoms with Crippen molar-refractivity contribution in [2.45, 2.75) is 19.3 Å². The first-order valence-corrected chi connectivity index (χ1v) is 9.30. The smallest absolute Gasteiger partial charge is 0.167 e. The van der Waals surface area contributed by atoms with Crippen LogP contribution in [0.5, 0.6) is 5.75 Å². The highest BCUT2D eigenvalue weighted by Gasteiger charge is 2.36. The molecule has 0 bridgehead atoms. The van der Waals surface area contributed by atoms with E-state index in [0.717, 1.165) is 25.1 Å². The minimum Gasteiger partial charge on any atom is -0.508 e. The Balaban J connectivity index is 1.93. The average molecular weight is 371 g/mol. The lowest BCUT2D eigenvalue weighted by molar-refractivity contribution is 0.0717. The summed E-state index contributed by atoms with van der Waals surface area (Å²) in [5.41, 5.74) is 2.01. The largest absolute Gasteiger partial charge is 0.508 e. The van der Waals surface area contributed by atoms with Crippen LogP contribution in [0, 0.1) is 18.7 Å². The molecule has 144 valence electrons. The quantitative estimate of drug-likeness (QED) is 0.786. The van der Waals surface area contributed by atoms with Crippen molar-refractivity contribution in [3.8, 4) is 5.75 Å². The zero-order chi connectivity index (χ0) is 19.4. The number of carbonyl (C=O) groups excluding carboxylic acids is 1. The number of hydrogen-bond acceptors (Lipinski definition) is 4. The predicted molar refractivity (Wildman–Crippen MR) is 103 cm³/mol. The summed E-state index contributed by atoms with van der Waals surface area (Å²) in [6.07, 6.45) is 0.781. The van der Waals surface area contributed by atoms with Crippen molar-refractivity contribution in [1.29, 1.82) is 0 Å². The number of hydrogen-bond donors (Lipinski definition) is 1. The van der Waals surface area contributed by atoms with Crippen molar-refractivity contribution in [1.82, 2.24) is 4.90 Å². The molecule has 1 heterocycles. The number of aromatic hydroxyl groups is 1. The number of nitrogens with zero attached hydrogens (tertiary/aromatic N) is 1. The van der Waals surface area contributed by atoms with Gasteiger partial charge in [0.25, 0.3) is 0 Å². The molecule has 0 unspecified atom stereocenters. The molecule has 1 N–H and O–H groups in total. The third kappa shape index (κ3) is 4.37. The van der Waals surface area contributed by atoms with Crippen molar-refractivity contribution in [2.24, 2.45) is 5.92 Å². The lowest BCUT2D eigenvalue weighted by Crippen LogP contribution is -2.44. The molecule has 1 aliphatic rings. The van der Waals surface area contributed by atoms with Gasteiger partial charge in [-0.25, -0.2) is 4.39 Å². The van der Waals surface area contributed by atoms with Gasteiger partial charge < -0.3 is 14.7 Å². The maximum Gasteiger partial charge on any atom is 0.167 e. The van der Waals surface area contributed by atoms with Gasteiger partial charge in [-0.3, -0.25) is 4.79 Å². The van der Waals surface area contributed by atoms with Gasteiger partial charge in [0.15, 0.2) is 5.78 Å². The van der Waals surface area contributed by atoms with Gasteiger partial charge in [0.2, 0.25) is 0 Å².